The van der Waals surface area contributed by atoms with Crippen molar-refractivity contribution >= 4 is 23.6 Å². The molecule has 2 heterocycles. The molecule has 1 atom stereocenters. The number of carbonyl (C=O) groups is 2. The first-order valence-electron chi connectivity index (χ1n) is 12.0. The van der Waals surface area contributed by atoms with Crippen molar-refractivity contribution in [2.45, 2.75) is 46.1 Å². The number of amides is 2. The van der Waals surface area contributed by atoms with E-state index in [9.17, 15) is 19.1 Å². The topological polar surface area (TPSA) is 64.1 Å². The minimum absolute atomic E-state index is 0.0597. The van der Waals surface area contributed by atoms with Crippen LogP contribution in [0.5, 0.6) is 0 Å². The first-order chi connectivity index (χ1) is 17.1. The molecular formula is C28H34FN3O3S. The monoisotopic (exact) mass is 511 g/mol. The van der Waals surface area contributed by atoms with Gasteiger partial charge in [-0.3, -0.25) is 14.5 Å². The number of hydrogen-bond acceptors (Lipinski definition) is 5. The molecule has 1 aromatic carbocycles. The number of allylic oxidation sites excluding steroid dienone is 3. The van der Waals surface area contributed by atoms with Crippen LogP contribution in [0, 0.1) is 5.82 Å². The lowest BCUT2D eigenvalue weighted by molar-refractivity contribution is -0.135. The summed E-state index contributed by atoms with van der Waals surface area (Å²) in [7, 11) is 0. The van der Waals surface area contributed by atoms with Crippen molar-refractivity contribution in [3.05, 3.63) is 94.1 Å². The molecule has 0 spiro atoms. The molecule has 1 aromatic rings. The third-order valence-corrected chi connectivity index (χ3v) is 7.64. The quantitative estimate of drug-likeness (QED) is 0.396. The van der Waals surface area contributed by atoms with E-state index in [4.69, 9.17) is 0 Å². The Hall–Kier alpha value is -3.10. The Kier molecular flexibility index (Phi) is 9.34. The van der Waals surface area contributed by atoms with Crippen LogP contribution in [0.3, 0.4) is 0 Å². The maximum atomic E-state index is 13.3. The van der Waals surface area contributed by atoms with Crippen LogP contribution in [0.25, 0.3) is 0 Å². The Balaban J connectivity index is 1.60. The number of likely N-dealkylation sites (tertiary alicyclic amines) is 1. The van der Waals surface area contributed by atoms with Crippen LogP contribution in [0.2, 0.25) is 0 Å². The number of β-amino-alcohol motifs (C(OH)–C–C–N with tert-alkyl or cyclic N) is 1. The molecule has 8 heteroatoms. The lowest BCUT2D eigenvalue weighted by Crippen LogP contribution is -2.45. The third-order valence-electron chi connectivity index (χ3n) is 6.45. The number of carbonyl (C=O) groups excluding carboxylic acids is 2. The van der Waals surface area contributed by atoms with Crippen LogP contribution >= 0.6 is 11.8 Å². The molecule has 2 amide bonds. The summed E-state index contributed by atoms with van der Waals surface area (Å²) in [4.78, 5) is 32.5. The van der Waals surface area contributed by atoms with Crippen molar-refractivity contribution in [1.29, 1.82) is 0 Å². The van der Waals surface area contributed by atoms with E-state index in [1.54, 1.807) is 41.3 Å². The van der Waals surface area contributed by atoms with Gasteiger partial charge in [0.05, 0.1) is 6.10 Å². The summed E-state index contributed by atoms with van der Waals surface area (Å²) < 4.78 is 13.2. The largest absolute Gasteiger partial charge is 0.391 e. The summed E-state index contributed by atoms with van der Waals surface area (Å²) in [6, 6.07) is 6.40. The fourth-order valence-electron chi connectivity index (χ4n) is 4.00. The minimum Gasteiger partial charge on any atom is -0.391 e. The van der Waals surface area contributed by atoms with Gasteiger partial charge in [0.25, 0.3) is 5.91 Å². The molecule has 0 bridgehead atoms. The highest BCUT2D eigenvalue weighted by molar-refractivity contribution is 8.06. The maximum absolute atomic E-state index is 13.3. The van der Waals surface area contributed by atoms with Gasteiger partial charge in [-0.1, -0.05) is 43.1 Å². The number of nitrogens with zero attached hydrogens (tertiary/aromatic N) is 3. The van der Waals surface area contributed by atoms with Crippen molar-refractivity contribution in [2.24, 2.45) is 0 Å². The van der Waals surface area contributed by atoms with E-state index in [0.717, 1.165) is 27.4 Å². The maximum Gasteiger partial charge on any atom is 0.259 e. The standard InChI is InChI=1S/C28H34FN3O3S/c1-6-26(16-23-9-11-24(29)12-10-23)36-21(4)19(2)20(3)28(35)32-15-14-30(22(32)5)18-27(34)31-13-7-8-25(33)17-31/h6,9-12,14-15,25,33H,4-5,7-8,13,16-18H2,1-3H3/b20-19+,26-6-. The molecule has 36 heavy (non-hydrogen) atoms. The van der Waals surface area contributed by atoms with Crippen LogP contribution in [-0.4, -0.2) is 57.4 Å². The molecule has 0 saturated carbocycles. The number of benzene rings is 1. The number of rotatable bonds is 8. The lowest BCUT2D eigenvalue weighted by atomic mass is 10.1. The average molecular weight is 512 g/mol. The predicted octanol–water partition coefficient (Wildman–Crippen LogP) is 4.93. The van der Waals surface area contributed by atoms with Crippen molar-refractivity contribution in [3.8, 4) is 0 Å². The van der Waals surface area contributed by atoms with Crippen molar-refractivity contribution in [1.82, 2.24) is 14.7 Å². The summed E-state index contributed by atoms with van der Waals surface area (Å²) in [5.41, 5.74) is 2.29. The first kappa shape index (κ1) is 27.5. The van der Waals surface area contributed by atoms with Gasteiger partial charge in [-0.05, 0) is 61.8 Å². The average Bonchev–Trinajstić information content (AvgIpc) is 3.22. The second kappa shape index (κ2) is 12.2. The number of thioether (sulfide) groups is 1. The second-order valence-electron chi connectivity index (χ2n) is 8.99. The smallest absolute Gasteiger partial charge is 0.259 e. The summed E-state index contributed by atoms with van der Waals surface area (Å²) in [6.45, 7) is 14.8. The zero-order valence-electron chi connectivity index (χ0n) is 21.2. The number of hydrogen-bond donors (Lipinski definition) is 1. The Morgan fingerprint density at radius 3 is 2.53 bits per heavy atom. The summed E-state index contributed by atoms with van der Waals surface area (Å²) in [6.07, 6.45) is 6.91. The SMILES string of the molecule is C=C(S/C(=C\C)Cc1ccc(F)cc1)/C(C)=C(\C)C(=O)N1C=CN(CC(=O)N2CCCC(O)C2)C1=C. The second-order valence-corrected chi connectivity index (χ2v) is 10.2. The molecule has 0 aliphatic carbocycles. The molecule has 1 N–H and O–H groups in total. The molecule has 192 valence electrons. The molecule has 1 saturated heterocycles. The van der Waals surface area contributed by atoms with Gasteiger partial charge in [0.1, 0.15) is 18.2 Å². The van der Waals surface area contributed by atoms with Gasteiger partial charge in [0.2, 0.25) is 5.91 Å². The van der Waals surface area contributed by atoms with Crippen LogP contribution < -0.4 is 0 Å². The molecular weight excluding hydrogens is 477 g/mol. The highest BCUT2D eigenvalue weighted by atomic mass is 32.2. The van der Waals surface area contributed by atoms with Gasteiger partial charge in [-0.25, -0.2) is 4.39 Å². The van der Waals surface area contributed by atoms with Crippen molar-refractivity contribution < 1.29 is 19.1 Å². The predicted molar refractivity (Wildman–Crippen MR) is 143 cm³/mol. The van der Waals surface area contributed by atoms with E-state index in [-0.39, 0.29) is 24.2 Å². The van der Waals surface area contributed by atoms with E-state index in [1.165, 1.54) is 28.8 Å². The summed E-state index contributed by atoms with van der Waals surface area (Å²) in [5, 5.41) is 9.85. The molecule has 0 aromatic heterocycles. The Labute approximate surface area is 217 Å². The zero-order valence-corrected chi connectivity index (χ0v) is 22.0. The molecule has 1 fully saturated rings. The van der Waals surface area contributed by atoms with E-state index in [1.807, 2.05) is 19.9 Å². The van der Waals surface area contributed by atoms with Crippen molar-refractivity contribution in [3.63, 3.8) is 0 Å². The Morgan fingerprint density at radius 2 is 1.89 bits per heavy atom. The molecule has 6 nitrogen and oxygen atoms in total. The fraction of sp³-hybridized carbons (Fsp3) is 0.357. The molecule has 2 aliphatic heterocycles. The summed E-state index contributed by atoms with van der Waals surface area (Å²) in [5.74, 6) is -0.208. The van der Waals surface area contributed by atoms with Crippen molar-refractivity contribution in [2.75, 3.05) is 19.6 Å². The molecule has 3 rings (SSSR count). The van der Waals surface area contributed by atoms with E-state index in [0.29, 0.717) is 37.3 Å². The van der Waals surface area contributed by atoms with Gasteiger partial charge in [-0.2, -0.15) is 0 Å². The third kappa shape index (κ3) is 6.77. The highest BCUT2D eigenvalue weighted by Crippen LogP contribution is 2.34. The molecule has 1 unspecified atom stereocenters. The normalized spacial score (nSPS) is 19.0. The van der Waals surface area contributed by atoms with Gasteiger partial charge in [0.15, 0.2) is 0 Å². The fourth-order valence-corrected chi connectivity index (χ4v) is 4.98. The van der Waals surface area contributed by atoms with Crippen LogP contribution in [0.15, 0.2) is 82.7 Å². The molecule has 0 radical (unpaired) electrons. The summed E-state index contributed by atoms with van der Waals surface area (Å²) >= 11 is 1.49. The number of halogens is 1. The van der Waals surface area contributed by atoms with Gasteiger partial charge in [-0.15, -0.1) is 0 Å². The number of piperidine rings is 1. The lowest BCUT2D eigenvalue weighted by Gasteiger charge is -2.32. The van der Waals surface area contributed by atoms with Gasteiger partial charge in [0, 0.05) is 42.4 Å². The van der Waals surface area contributed by atoms with Crippen LogP contribution in [-0.2, 0) is 16.0 Å². The van der Waals surface area contributed by atoms with E-state index in [2.05, 4.69) is 13.2 Å². The first-order valence-corrected chi connectivity index (χ1v) is 12.8. The Bertz CT molecular complexity index is 1120. The van der Waals surface area contributed by atoms with E-state index < -0.39 is 6.10 Å². The number of aliphatic hydroxyl groups excluding tert-OH is 1. The van der Waals surface area contributed by atoms with Gasteiger partial charge < -0.3 is 14.9 Å². The van der Waals surface area contributed by atoms with Crippen LogP contribution in [0.4, 0.5) is 4.39 Å². The molecule has 2 aliphatic rings. The van der Waals surface area contributed by atoms with Gasteiger partial charge >= 0.3 is 0 Å². The van der Waals surface area contributed by atoms with E-state index >= 15 is 0 Å². The Morgan fingerprint density at radius 1 is 1.19 bits per heavy atom. The minimum atomic E-state index is -0.487. The highest BCUT2D eigenvalue weighted by Gasteiger charge is 2.29. The zero-order chi connectivity index (χ0) is 26.4. The number of aliphatic hydroxyl groups is 1. The van der Waals surface area contributed by atoms with Crippen LogP contribution in [0.1, 0.15) is 39.2 Å².